The van der Waals surface area contributed by atoms with Gasteiger partial charge in [-0.2, -0.15) is 0 Å². The molecule has 0 unspecified atom stereocenters. The van der Waals surface area contributed by atoms with Gasteiger partial charge >= 0.3 is 5.82 Å². The lowest BCUT2D eigenvalue weighted by molar-refractivity contribution is -0.392. The molecule has 0 bridgehead atoms. The van der Waals surface area contributed by atoms with Crippen LogP contribution in [0.1, 0.15) is 5.82 Å². The molecule has 1 aromatic heterocycles. The molecule has 0 fully saturated rings. The van der Waals surface area contributed by atoms with Crippen LogP contribution >= 0.6 is 10.8 Å². The van der Waals surface area contributed by atoms with Gasteiger partial charge in [0, 0.05) is 13.5 Å². The number of aliphatic hydroxyl groups is 1. The van der Waals surface area contributed by atoms with Gasteiger partial charge in [0.25, 0.3) is 0 Å². The third-order valence-corrected chi connectivity index (χ3v) is 3.68. The van der Waals surface area contributed by atoms with Crippen LogP contribution in [0.2, 0.25) is 0 Å². The topological polar surface area (TPSA) is 134 Å². The highest BCUT2D eigenvalue weighted by molar-refractivity contribution is 8.22. The molecule has 4 N–H and O–H groups in total. The van der Waals surface area contributed by atoms with Gasteiger partial charge in [0.1, 0.15) is 12.7 Å². The van der Waals surface area contributed by atoms with Gasteiger partial charge in [0.2, 0.25) is 0 Å². The number of aryl methyl sites for hydroxylation is 1. The Morgan fingerprint density at radius 3 is 2.83 bits per heavy atom. The minimum Gasteiger partial charge on any atom is -0.395 e. The largest absolute Gasteiger partial charge is 0.395 e. The Morgan fingerprint density at radius 2 is 2.28 bits per heavy atom. The zero-order valence-corrected chi connectivity index (χ0v) is 10.6. The summed E-state index contributed by atoms with van der Waals surface area (Å²) < 4.78 is 22.8. The third kappa shape index (κ3) is 3.92. The molecule has 0 aliphatic heterocycles. The maximum Gasteiger partial charge on any atom is 0.342 e. The summed E-state index contributed by atoms with van der Waals surface area (Å²) in [6.07, 6.45) is 1.13. The molecule has 104 valence electrons. The normalized spacial score (nSPS) is 12.7. The summed E-state index contributed by atoms with van der Waals surface area (Å²) >= 11 is 0. The highest BCUT2D eigenvalue weighted by Crippen LogP contribution is 2.33. The highest BCUT2D eigenvalue weighted by Gasteiger charge is 2.20. The molecule has 1 rings (SSSR count). The number of aliphatic hydroxyl groups excluding tert-OH is 1. The summed E-state index contributed by atoms with van der Waals surface area (Å²) in [4.78, 5) is 13.9. The summed E-state index contributed by atoms with van der Waals surface area (Å²) in [5.41, 5.74) is 0. The Morgan fingerprint density at radius 1 is 1.61 bits per heavy atom. The van der Waals surface area contributed by atoms with Crippen LogP contribution in [0.15, 0.2) is 6.20 Å². The van der Waals surface area contributed by atoms with Crippen molar-refractivity contribution in [1.82, 2.24) is 14.3 Å². The molecule has 0 aliphatic rings. The molecule has 0 aliphatic carbocycles. The van der Waals surface area contributed by atoms with Crippen molar-refractivity contribution >= 4 is 16.6 Å². The van der Waals surface area contributed by atoms with E-state index in [-0.39, 0.29) is 31.3 Å². The number of hydrogen-bond acceptors (Lipinski definition) is 7. The van der Waals surface area contributed by atoms with Crippen LogP contribution < -0.4 is 4.72 Å². The Balaban J connectivity index is 2.68. The molecule has 9 nitrogen and oxygen atoms in total. The molecule has 1 heterocycles. The summed E-state index contributed by atoms with van der Waals surface area (Å²) in [7, 11) is -3.06. The summed E-state index contributed by atoms with van der Waals surface area (Å²) in [5.74, 6) is 0.148. The number of imidazole rings is 1. The van der Waals surface area contributed by atoms with Gasteiger partial charge in [0.15, 0.2) is 5.82 Å². The SMILES string of the molecule is Cc1ncc([N+](=O)[O-])n1CCS(O)(O)NCCO. The van der Waals surface area contributed by atoms with Gasteiger partial charge in [-0.25, -0.2) is 14.3 Å². The number of nitrogens with one attached hydrogen (secondary N) is 1. The van der Waals surface area contributed by atoms with Gasteiger partial charge in [-0.3, -0.25) is 9.11 Å². The van der Waals surface area contributed by atoms with Crippen molar-refractivity contribution in [2.45, 2.75) is 13.5 Å². The molecule has 0 radical (unpaired) electrons. The van der Waals surface area contributed by atoms with Crippen LogP contribution in [0.4, 0.5) is 5.82 Å². The highest BCUT2D eigenvalue weighted by atomic mass is 32.3. The fraction of sp³-hybridized carbons (Fsp3) is 0.625. The van der Waals surface area contributed by atoms with Crippen molar-refractivity contribution in [3.8, 4) is 0 Å². The van der Waals surface area contributed by atoms with E-state index >= 15 is 0 Å². The predicted molar refractivity (Wildman–Crippen MR) is 66.4 cm³/mol. The van der Waals surface area contributed by atoms with Crippen LogP contribution in [-0.2, 0) is 6.54 Å². The lowest BCUT2D eigenvalue weighted by atomic mass is 10.6. The van der Waals surface area contributed by atoms with Gasteiger partial charge in [-0.15, -0.1) is 10.8 Å². The molecule has 0 atom stereocenters. The first-order chi connectivity index (χ1) is 8.37. The maximum absolute atomic E-state index is 10.7. The quantitative estimate of drug-likeness (QED) is 0.418. The molecule has 0 aromatic carbocycles. The summed E-state index contributed by atoms with van der Waals surface area (Å²) in [6.45, 7) is 1.48. The number of hydrogen-bond donors (Lipinski definition) is 4. The number of nitrogens with zero attached hydrogens (tertiary/aromatic N) is 3. The smallest absolute Gasteiger partial charge is 0.342 e. The first-order valence-corrected chi connectivity index (χ1v) is 6.87. The van der Waals surface area contributed by atoms with E-state index in [4.69, 9.17) is 5.11 Å². The fourth-order valence-electron chi connectivity index (χ4n) is 1.38. The van der Waals surface area contributed by atoms with E-state index < -0.39 is 15.7 Å². The molecule has 0 saturated heterocycles. The van der Waals surface area contributed by atoms with Crippen LogP contribution in [0.5, 0.6) is 0 Å². The van der Waals surface area contributed by atoms with Crippen molar-refractivity contribution in [2.24, 2.45) is 0 Å². The zero-order valence-electron chi connectivity index (χ0n) is 9.81. The molecule has 0 saturated carbocycles. The van der Waals surface area contributed by atoms with Crippen molar-refractivity contribution in [1.29, 1.82) is 0 Å². The second-order valence-electron chi connectivity index (χ2n) is 3.56. The van der Waals surface area contributed by atoms with E-state index in [9.17, 15) is 19.2 Å². The van der Waals surface area contributed by atoms with Crippen molar-refractivity contribution in [3.63, 3.8) is 0 Å². The molecule has 18 heavy (non-hydrogen) atoms. The first-order valence-electron chi connectivity index (χ1n) is 5.15. The van der Waals surface area contributed by atoms with Gasteiger partial charge in [-0.05, 0) is 4.92 Å². The van der Waals surface area contributed by atoms with Crippen LogP contribution in [0, 0.1) is 17.0 Å². The Bertz CT molecular complexity index is 422. The molecule has 0 spiro atoms. The van der Waals surface area contributed by atoms with E-state index in [0.717, 1.165) is 6.20 Å². The van der Waals surface area contributed by atoms with Gasteiger partial charge in [0.05, 0.1) is 12.4 Å². The molecular weight excluding hydrogens is 264 g/mol. The fourth-order valence-corrected chi connectivity index (χ4v) is 2.38. The van der Waals surface area contributed by atoms with Gasteiger partial charge in [-0.1, -0.05) is 0 Å². The van der Waals surface area contributed by atoms with E-state index in [1.807, 2.05) is 0 Å². The number of aromatic nitrogens is 2. The standard InChI is InChI=1S/C8H16N4O5S/c1-7-9-6-8(12(14)15)11(7)3-5-18(16,17)10-2-4-13/h6,10,13,16-17H,2-5H2,1H3. The minimum absolute atomic E-state index is 0.0489. The third-order valence-electron chi connectivity index (χ3n) is 2.27. The molecule has 10 heteroatoms. The lowest BCUT2D eigenvalue weighted by Gasteiger charge is -2.32. The van der Waals surface area contributed by atoms with Crippen molar-refractivity contribution in [2.75, 3.05) is 18.9 Å². The maximum atomic E-state index is 10.7. The second kappa shape index (κ2) is 6.11. The lowest BCUT2D eigenvalue weighted by Crippen LogP contribution is -2.27. The second-order valence-corrected chi connectivity index (χ2v) is 5.59. The Hall–Kier alpha value is -1.20. The summed E-state index contributed by atoms with van der Waals surface area (Å²) in [5, 5.41) is 19.3. The van der Waals surface area contributed by atoms with E-state index in [2.05, 4.69) is 9.71 Å². The Labute approximate surface area is 105 Å². The average Bonchev–Trinajstić information content (AvgIpc) is 2.66. The van der Waals surface area contributed by atoms with E-state index in [1.165, 1.54) is 4.57 Å². The average molecular weight is 280 g/mol. The number of nitro groups is 1. The minimum atomic E-state index is -3.06. The van der Waals surface area contributed by atoms with Crippen molar-refractivity contribution in [3.05, 3.63) is 22.1 Å². The van der Waals surface area contributed by atoms with Crippen molar-refractivity contribution < 1.29 is 19.1 Å². The number of rotatable bonds is 7. The predicted octanol–water partition coefficient (Wildman–Crippen LogP) is 0.347. The monoisotopic (exact) mass is 280 g/mol. The Kier molecular flexibility index (Phi) is 5.04. The van der Waals surface area contributed by atoms with Crippen LogP contribution in [0.25, 0.3) is 0 Å². The molecule has 1 aromatic rings. The van der Waals surface area contributed by atoms with Crippen LogP contribution in [0.3, 0.4) is 0 Å². The van der Waals surface area contributed by atoms with Crippen LogP contribution in [-0.4, -0.2) is 47.6 Å². The van der Waals surface area contributed by atoms with E-state index in [1.54, 1.807) is 6.92 Å². The molecular formula is C8H16N4O5S. The summed E-state index contributed by atoms with van der Waals surface area (Å²) in [6, 6.07) is 0. The zero-order chi connectivity index (χ0) is 13.8. The van der Waals surface area contributed by atoms with E-state index in [0.29, 0.717) is 5.82 Å². The molecule has 0 amide bonds. The van der Waals surface area contributed by atoms with Gasteiger partial charge < -0.3 is 15.2 Å². The first kappa shape index (κ1) is 14.9.